The zero-order valence-electron chi connectivity index (χ0n) is 6.79. The number of allylic oxidation sites excluding steroid dienone is 3. The van der Waals surface area contributed by atoms with Crippen molar-refractivity contribution >= 4 is 0 Å². The van der Waals surface area contributed by atoms with Gasteiger partial charge in [0.2, 0.25) is 0 Å². The van der Waals surface area contributed by atoms with Gasteiger partial charge in [0.15, 0.2) is 0 Å². The lowest BCUT2D eigenvalue weighted by atomic mass is 10.0. The molecule has 0 fully saturated rings. The van der Waals surface area contributed by atoms with Crippen LogP contribution in [0.5, 0.6) is 0 Å². The van der Waals surface area contributed by atoms with Crippen LogP contribution in [0.25, 0.3) is 0 Å². The molecule has 0 radical (unpaired) electrons. The van der Waals surface area contributed by atoms with Gasteiger partial charge in [-0.2, -0.15) is 0 Å². The molecule has 0 heterocycles. The van der Waals surface area contributed by atoms with Crippen molar-refractivity contribution in [2.45, 2.75) is 25.3 Å². The first-order valence-corrected chi connectivity index (χ1v) is 4.14. The molecule has 2 nitrogen and oxygen atoms in total. The predicted molar refractivity (Wildman–Crippen MR) is 48.1 cm³/mol. The van der Waals surface area contributed by atoms with Crippen molar-refractivity contribution in [3.8, 4) is 0 Å². The molecule has 0 aromatic rings. The third kappa shape index (κ3) is 2.87. The van der Waals surface area contributed by atoms with E-state index in [0.717, 1.165) is 12.8 Å². The molecule has 0 aromatic carbocycles. The van der Waals surface area contributed by atoms with E-state index in [-0.39, 0.29) is 6.04 Å². The molecule has 0 spiro atoms. The lowest BCUT2D eigenvalue weighted by molar-refractivity contribution is 0.677. The second-order valence-electron chi connectivity index (χ2n) is 2.96. The third-order valence-electron chi connectivity index (χ3n) is 1.87. The summed E-state index contributed by atoms with van der Waals surface area (Å²) >= 11 is 0. The van der Waals surface area contributed by atoms with Gasteiger partial charge in [-0.05, 0) is 19.3 Å². The summed E-state index contributed by atoms with van der Waals surface area (Å²) < 4.78 is 0. The van der Waals surface area contributed by atoms with Gasteiger partial charge in [-0.1, -0.05) is 23.8 Å². The first-order chi connectivity index (χ1) is 5.33. The molecule has 1 rings (SSSR count). The summed E-state index contributed by atoms with van der Waals surface area (Å²) in [6.07, 6.45) is 9.84. The topological polar surface area (TPSA) is 52.0 Å². The smallest absolute Gasteiger partial charge is 0.0203 e. The highest BCUT2D eigenvalue weighted by atomic mass is 14.7. The Balaban J connectivity index is 2.36. The lowest BCUT2D eigenvalue weighted by Crippen LogP contribution is -2.29. The average Bonchev–Trinajstić information content (AvgIpc) is 2.06. The molecule has 2 heteroatoms. The Kier molecular flexibility index (Phi) is 3.33. The molecule has 0 bridgehead atoms. The molecule has 0 aromatic heterocycles. The maximum Gasteiger partial charge on any atom is 0.0203 e. The van der Waals surface area contributed by atoms with E-state index in [1.807, 2.05) is 0 Å². The molecule has 0 unspecified atom stereocenters. The fourth-order valence-electron chi connectivity index (χ4n) is 1.21. The highest BCUT2D eigenvalue weighted by Crippen LogP contribution is 2.13. The van der Waals surface area contributed by atoms with Gasteiger partial charge in [0, 0.05) is 12.6 Å². The van der Waals surface area contributed by atoms with Crippen LogP contribution in [0.4, 0.5) is 0 Å². The van der Waals surface area contributed by atoms with Crippen molar-refractivity contribution in [2.24, 2.45) is 11.5 Å². The molecule has 4 N–H and O–H groups in total. The van der Waals surface area contributed by atoms with Crippen LogP contribution in [-0.2, 0) is 0 Å². The highest BCUT2D eigenvalue weighted by Gasteiger charge is 2.02. The van der Waals surface area contributed by atoms with Crippen molar-refractivity contribution in [1.29, 1.82) is 0 Å². The van der Waals surface area contributed by atoms with Crippen molar-refractivity contribution in [2.75, 3.05) is 6.54 Å². The minimum Gasteiger partial charge on any atom is -0.329 e. The first kappa shape index (κ1) is 8.50. The predicted octanol–water partition coefficient (Wildman–Crippen LogP) is 0.939. The molecule has 1 aliphatic rings. The fourth-order valence-corrected chi connectivity index (χ4v) is 1.21. The zero-order valence-corrected chi connectivity index (χ0v) is 6.79. The van der Waals surface area contributed by atoms with Crippen molar-refractivity contribution in [1.82, 2.24) is 0 Å². The zero-order chi connectivity index (χ0) is 8.10. The van der Waals surface area contributed by atoms with Gasteiger partial charge in [-0.3, -0.25) is 0 Å². The highest BCUT2D eigenvalue weighted by molar-refractivity contribution is 5.22. The van der Waals surface area contributed by atoms with Gasteiger partial charge in [0.05, 0.1) is 0 Å². The van der Waals surface area contributed by atoms with Gasteiger partial charge in [-0.15, -0.1) is 0 Å². The first-order valence-electron chi connectivity index (χ1n) is 4.14. The van der Waals surface area contributed by atoms with Gasteiger partial charge in [-0.25, -0.2) is 0 Å². The summed E-state index contributed by atoms with van der Waals surface area (Å²) in [6.45, 7) is 0.575. The monoisotopic (exact) mass is 152 g/mol. The van der Waals surface area contributed by atoms with Gasteiger partial charge in [0.25, 0.3) is 0 Å². The second kappa shape index (κ2) is 4.31. The minimum absolute atomic E-state index is 0.129. The Bertz CT molecular complexity index is 170. The van der Waals surface area contributed by atoms with E-state index < -0.39 is 0 Å². The Morgan fingerprint density at radius 3 is 2.82 bits per heavy atom. The Morgan fingerprint density at radius 1 is 1.45 bits per heavy atom. The van der Waals surface area contributed by atoms with Crippen LogP contribution >= 0.6 is 0 Å². The normalized spacial score (nSPS) is 19.6. The van der Waals surface area contributed by atoms with Crippen LogP contribution < -0.4 is 11.5 Å². The summed E-state index contributed by atoms with van der Waals surface area (Å²) in [5.41, 5.74) is 12.5. The summed E-state index contributed by atoms with van der Waals surface area (Å²) in [6, 6.07) is 0.129. The molecular formula is C9H16N2. The summed E-state index contributed by atoms with van der Waals surface area (Å²) in [5, 5.41) is 0. The van der Waals surface area contributed by atoms with E-state index in [1.165, 1.54) is 12.0 Å². The van der Waals surface area contributed by atoms with Gasteiger partial charge >= 0.3 is 0 Å². The molecule has 0 amide bonds. The van der Waals surface area contributed by atoms with Crippen LogP contribution in [0.1, 0.15) is 19.3 Å². The van der Waals surface area contributed by atoms with Crippen LogP contribution in [0.3, 0.4) is 0 Å². The minimum atomic E-state index is 0.129. The van der Waals surface area contributed by atoms with Crippen LogP contribution in [0.15, 0.2) is 23.8 Å². The molecule has 11 heavy (non-hydrogen) atoms. The quantitative estimate of drug-likeness (QED) is 0.632. The second-order valence-corrected chi connectivity index (χ2v) is 2.96. The number of hydrogen-bond acceptors (Lipinski definition) is 2. The third-order valence-corrected chi connectivity index (χ3v) is 1.87. The van der Waals surface area contributed by atoms with Gasteiger partial charge < -0.3 is 11.5 Å². The summed E-state index contributed by atoms with van der Waals surface area (Å²) in [7, 11) is 0. The van der Waals surface area contributed by atoms with Crippen LogP contribution in [0.2, 0.25) is 0 Å². The van der Waals surface area contributed by atoms with Gasteiger partial charge in [0.1, 0.15) is 0 Å². The maximum atomic E-state index is 5.70. The Labute approximate surface area is 68.0 Å². The lowest BCUT2D eigenvalue weighted by Gasteiger charge is -2.11. The van der Waals surface area contributed by atoms with E-state index in [4.69, 9.17) is 11.5 Å². The van der Waals surface area contributed by atoms with E-state index in [2.05, 4.69) is 18.2 Å². The van der Waals surface area contributed by atoms with Crippen LogP contribution in [-0.4, -0.2) is 12.6 Å². The average molecular weight is 152 g/mol. The van der Waals surface area contributed by atoms with E-state index >= 15 is 0 Å². The Morgan fingerprint density at radius 2 is 2.27 bits per heavy atom. The number of hydrogen-bond donors (Lipinski definition) is 2. The van der Waals surface area contributed by atoms with E-state index in [0.29, 0.717) is 6.54 Å². The van der Waals surface area contributed by atoms with Crippen molar-refractivity contribution < 1.29 is 0 Å². The molecule has 0 aliphatic heterocycles. The molecule has 0 saturated carbocycles. The summed E-state index contributed by atoms with van der Waals surface area (Å²) in [4.78, 5) is 0. The largest absolute Gasteiger partial charge is 0.329 e. The molecule has 1 aliphatic carbocycles. The van der Waals surface area contributed by atoms with E-state index in [9.17, 15) is 0 Å². The van der Waals surface area contributed by atoms with Crippen molar-refractivity contribution in [3.63, 3.8) is 0 Å². The Hall–Kier alpha value is -0.600. The SMILES string of the molecule is NC[C@@H](N)CC1=CCCC=C1. The number of rotatable bonds is 3. The molecular weight excluding hydrogens is 136 g/mol. The fraction of sp³-hybridized carbons (Fsp3) is 0.556. The summed E-state index contributed by atoms with van der Waals surface area (Å²) in [5.74, 6) is 0. The van der Waals surface area contributed by atoms with E-state index in [1.54, 1.807) is 0 Å². The standard InChI is InChI=1S/C9H16N2/c10-7-9(11)6-8-4-2-1-3-5-8/h2,4-5,9H,1,3,6-7,10-11H2/t9-/m0/s1. The van der Waals surface area contributed by atoms with Crippen LogP contribution in [0, 0.1) is 0 Å². The molecule has 62 valence electrons. The van der Waals surface area contributed by atoms with Crippen molar-refractivity contribution in [3.05, 3.63) is 23.8 Å². The molecule has 0 saturated heterocycles. The maximum absolute atomic E-state index is 5.70. The number of nitrogens with two attached hydrogens (primary N) is 2. The molecule has 1 atom stereocenters.